The number of phenolic OH excluding ortho intramolecular Hbond substituents is 1. The summed E-state index contributed by atoms with van der Waals surface area (Å²) in [5.41, 5.74) is 6.76. The molecule has 0 bridgehead atoms. The van der Waals surface area contributed by atoms with E-state index in [0.29, 0.717) is 28.9 Å². The summed E-state index contributed by atoms with van der Waals surface area (Å²) in [5.74, 6) is -3.14. The summed E-state index contributed by atoms with van der Waals surface area (Å²) in [6.07, 6.45) is -4.80. The number of hydrogen-bond donors (Lipinski definition) is 10. The molecule has 2 aliphatic heterocycles. The Morgan fingerprint density at radius 2 is 1.73 bits per heavy atom. The molecule has 1 aromatic carbocycles. The van der Waals surface area contributed by atoms with E-state index in [2.05, 4.69) is 34.4 Å². The molecule has 2 aromatic heterocycles. The smallest absolute Gasteiger partial charge is 0.481 e. The number of Topliss-reactive ketones (excluding diaryl/α,β-unsaturated/α-hetero) is 1. The number of benzene rings is 1. The van der Waals surface area contributed by atoms with Gasteiger partial charge >= 0.3 is 29.4 Å². The number of methoxy groups -OCH3 is 1. The molecule has 74 heavy (non-hydrogen) atoms. The number of ether oxygens (including phenoxy) is 3. The van der Waals surface area contributed by atoms with Crippen LogP contribution in [0.25, 0.3) is 11.2 Å². The van der Waals surface area contributed by atoms with Gasteiger partial charge in [-0.25, -0.2) is 33.4 Å². The molecule has 410 valence electrons. The number of fused-ring (bicyclic) bond motifs is 2. The summed E-state index contributed by atoms with van der Waals surface area (Å²) in [4.78, 5) is 114. The van der Waals surface area contributed by atoms with Crippen LogP contribution in [0.1, 0.15) is 80.2 Å². The summed E-state index contributed by atoms with van der Waals surface area (Å²) in [6.45, 7) is 5.19. The molecule has 4 heterocycles. The minimum Gasteiger partial charge on any atom is -0.507 e. The maximum atomic E-state index is 12.9. The number of ketones is 1. The molecule has 0 saturated carbocycles. The third-order valence-corrected chi connectivity index (χ3v) is 15.8. The van der Waals surface area contributed by atoms with Gasteiger partial charge in [0.05, 0.1) is 32.6 Å². The summed E-state index contributed by atoms with van der Waals surface area (Å²) in [5, 5.41) is 36.9. The van der Waals surface area contributed by atoms with Gasteiger partial charge in [0.2, 0.25) is 11.8 Å². The van der Waals surface area contributed by atoms with Gasteiger partial charge in [-0.1, -0.05) is 37.3 Å². The fourth-order valence-electron chi connectivity index (χ4n) is 7.48. The number of anilines is 1. The number of aliphatic hydroxyl groups excluding tert-OH is 2. The Kier molecular flexibility index (Phi) is 20.3. The number of carbonyl (C=O) groups excluding carboxylic acids is 5. The molecule has 1 saturated heterocycles. The van der Waals surface area contributed by atoms with Crippen molar-refractivity contribution in [1.29, 1.82) is 0 Å². The number of allylic oxidation sites excluding steroid dienone is 2. The zero-order chi connectivity index (χ0) is 55.1. The average molecular weight is 1130 g/mol. The first-order chi connectivity index (χ1) is 34.5. The van der Waals surface area contributed by atoms with Crippen molar-refractivity contribution in [3.63, 3.8) is 0 Å². The van der Waals surface area contributed by atoms with Gasteiger partial charge in [0.1, 0.15) is 65.7 Å². The van der Waals surface area contributed by atoms with E-state index in [4.69, 9.17) is 29.0 Å². The lowest BCUT2D eigenvalue weighted by Gasteiger charge is -2.30. The van der Waals surface area contributed by atoms with Crippen molar-refractivity contribution in [3.05, 3.63) is 46.6 Å². The van der Waals surface area contributed by atoms with Crippen molar-refractivity contribution in [2.24, 2.45) is 11.3 Å². The van der Waals surface area contributed by atoms with Crippen molar-refractivity contribution in [3.8, 4) is 11.5 Å². The summed E-state index contributed by atoms with van der Waals surface area (Å²) >= 11 is 0.850. The monoisotopic (exact) mass is 1130 g/mol. The minimum absolute atomic E-state index is 0.0128. The molecule has 29 nitrogen and oxygen atoms in total. The van der Waals surface area contributed by atoms with Gasteiger partial charge in [0.25, 0.3) is 0 Å². The molecular weight excluding hydrogens is 1070 g/mol. The molecule has 3 unspecified atom stereocenters. The quantitative estimate of drug-likeness (QED) is 0.0170. The second-order valence-corrected chi connectivity index (χ2v) is 22.9. The zero-order valence-electron chi connectivity index (χ0n) is 40.6. The number of phosphoric ester groups is 3. The topological polar surface area (TPSA) is 436 Å². The highest BCUT2D eigenvalue weighted by Crippen LogP contribution is 2.61. The number of amides is 2. The highest BCUT2D eigenvalue weighted by atomic mass is 32.2. The number of esters is 1. The van der Waals surface area contributed by atoms with Crippen molar-refractivity contribution < 1.29 is 105 Å². The molecule has 0 aliphatic carbocycles. The lowest BCUT2D eigenvalue weighted by Crippen LogP contribution is -2.46. The minimum atomic E-state index is -5.62. The second kappa shape index (κ2) is 24.9. The molecule has 1 fully saturated rings. The molecule has 0 radical (unpaired) electrons. The van der Waals surface area contributed by atoms with E-state index in [1.54, 1.807) is 19.9 Å². The zero-order valence-corrected chi connectivity index (χ0v) is 44.1. The number of phosphoric acid groups is 3. The summed E-state index contributed by atoms with van der Waals surface area (Å²) in [6, 6.07) is 0. The van der Waals surface area contributed by atoms with Crippen LogP contribution in [-0.2, 0) is 73.3 Å². The molecule has 8 atom stereocenters. The maximum Gasteiger partial charge on any atom is 0.481 e. The van der Waals surface area contributed by atoms with Gasteiger partial charge in [-0.3, -0.25) is 37.3 Å². The highest BCUT2D eigenvalue weighted by molar-refractivity contribution is 8.13. The lowest BCUT2D eigenvalue weighted by molar-refractivity contribution is -0.137. The Bertz CT molecular complexity index is 2790. The van der Waals surface area contributed by atoms with E-state index < -0.39 is 102 Å². The van der Waals surface area contributed by atoms with Gasteiger partial charge in [0.15, 0.2) is 22.8 Å². The molecule has 3 aromatic rings. The average Bonchev–Trinajstić information content (AvgIpc) is 4.02. The summed E-state index contributed by atoms with van der Waals surface area (Å²) in [7, 11) is -15.1. The number of thioether (sulfide) groups is 1. The van der Waals surface area contributed by atoms with Crippen molar-refractivity contribution in [2.75, 3.05) is 44.9 Å². The van der Waals surface area contributed by atoms with Crippen molar-refractivity contribution in [2.45, 2.75) is 97.6 Å². The second-order valence-electron chi connectivity index (χ2n) is 17.6. The van der Waals surface area contributed by atoms with Gasteiger partial charge in [0, 0.05) is 48.2 Å². The Morgan fingerprint density at radius 3 is 2.41 bits per heavy atom. The SMILES string of the molecule is COc1c(C)c2c(c(O)c1C/C=C(\C)CCC(=O)C(C)C(=O)SCCNC(=O)CCNC(=O)[C@H](O)C(C)(C)COP(=O)(O)OP(=O)(O)OC[C@H]1O[C@@H](n3cnc4c(N)ncnc43)[C@H](O)[C@@H]1OP(=O)(O)O)C(=O)OC2. The predicted molar refractivity (Wildman–Crippen MR) is 256 cm³/mol. The fourth-order valence-corrected chi connectivity index (χ4v) is 11.1. The standard InChI is InChI=1S/C41H58N7O22P3S/c1-20(7-9-23-30(51)28-24(15-65-39(28)55)21(2)32(23)64-6)8-10-25(49)22(3)40(56)74-14-13-43-27(50)11-12-44-37(54)34(53)41(4,5)17-67-73(62,63)70-72(60,61)66-16-26-33(69-71(57,58)59)31(52)38(68-26)48-19-47-29-35(42)45-18-46-36(29)48/h7,18-19,22,26,31,33-34,38,51-53H,8-17H2,1-6H3,(H,43,50)(H,44,54)(H,60,61)(H,62,63)(H2,42,45,46)(H2,57,58,59)/b20-7+/t22?,26-,31-,33-,34+,38-/m1/s1. The van der Waals surface area contributed by atoms with E-state index in [1.165, 1.54) is 27.9 Å². The number of cyclic esters (lactones) is 1. The number of nitrogen functional groups attached to an aromatic ring is 1. The number of phenols is 1. The van der Waals surface area contributed by atoms with E-state index >= 15 is 0 Å². The van der Waals surface area contributed by atoms with Crippen LogP contribution in [0, 0.1) is 18.3 Å². The number of rotatable bonds is 27. The maximum absolute atomic E-state index is 12.9. The Balaban J connectivity index is 0.989. The largest absolute Gasteiger partial charge is 0.507 e. The highest BCUT2D eigenvalue weighted by Gasteiger charge is 2.50. The summed E-state index contributed by atoms with van der Waals surface area (Å²) < 4.78 is 73.1. The van der Waals surface area contributed by atoms with Crippen LogP contribution in [0.3, 0.4) is 0 Å². The molecule has 0 spiro atoms. The van der Waals surface area contributed by atoms with E-state index in [9.17, 15) is 72.6 Å². The number of nitrogens with zero attached hydrogens (tertiary/aromatic N) is 4. The van der Waals surface area contributed by atoms with Crippen molar-refractivity contribution in [1.82, 2.24) is 30.2 Å². The van der Waals surface area contributed by atoms with Crippen LogP contribution in [0.5, 0.6) is 11.5 Å². The number of imidazole rings is 1. The lowest BCUT2D eigenvalue weighted by atomic mass is 9.87. The Labute approximate surface area is 426 Å². The van der Waals surface area contributed by atoms with E-state index in [1.807, 2.05) is 0 Å². The number of aromatic hydroxyl groups is 1. The Morgan fingerprint density at radius 1 is 1.04 bits per heavy atom. The number of aromatic nitrogens is 4. The first kappa shape index (κ1) is 60.1. The van der Waals surface area contributed by atoms with Crippen LogP contribution in [-0.4, -0.2) is 147 Å². The van der Waals surface area contributed by atoms with Gasteiger partial charge in [-0.15, -0.1) is 0 Å². The number of hydrogen-bond acceptors (Lipinski definition) is 23. The molecule has 11 N–H and O–H groups in total. The number of carbonyl (C=O) groups is 5. The van der Waals surface area contributed by atoms with Crippen molar-refractivity contribution >= 4 is 80.9 Å². The third-order valence-electron chi connectivity index (χ3n) is 11.7. The number of nitrogens with one attached hydrogen (secondary N) is 2. The van der Waals surface area contributed by atoms with E-state index in [0.717, 1.165) is 34.6 Å². The molecule has 2 aliphatic rings. The van der Waals surface area contributed by atoms with Gasteiger partial charge in [-0.05, 0) is 39.2 Å². The van der Waals surface area contributed by atoms with Crippen LogP contribution < -0.4 is 21.1 Å². The predicted octanol–water partition coefficient (Wildman–Crippen LogP) is 1.53. The normalized spacial score (nSPS) is 20.5. The van der Waals surface area contributed by atoms with Crippen LogP contribution in [0.4, 0.5) is 5.82 Å². The number of aliphatic hydroxyl groups is 2. The van der Waals surface area contributed by atoms with Crippen LogP contribution >= 0.6 is 35.2 Å². The Hall–Kier alpha value is -4.74. The van der Waals surface area contributed by atoms with Gasteiger partial charge < -0.3 is 65.5 Å². The molecule has 33 heteroatoms. The third kappa shape index (κ3) is 15.4. The van der Waals surface area contributed by atoms with Crippen LogP contribution in [0.2, 0.25) is 0 Å². The first-order valence-corrected chi connectivity index (χ1v) is 27.8. The van der Waals surface area contributed by atoms with Gasteiger partial charge in [-0.2, -0.15) is 4.31 Å². The number of nitrogens with two attached hydrogens (primary N) is 1. The molecule has 2 amide bonds. The van der Waals surface area contributed by atoms with Crippen LogP contribution in [0.15, 0.2) is 24.3 Å². The fraction of sp³-hybridized carbons (Fsp3) is 0.561. The van der Waals surface area contributed by atoms with E-state index in [-0.39, 0.29) is 78.8 Å². The molecular formula is C41H58N7O22P3S. The first-order valence-electron chi connectivity index (χ1n) is 22.3. The molecule has 5 rings (SSSR count).